The first-order valence-electron chi connectivity index (χ1n) is 8.60. The molecule has 8 heteroatoms. The Kier molecular flexibility index (Phi) is 6.98. The van der Waals surface area contributed by atoms with E-state index in [0.29, 0.717) is 29.0 Å². The molecule has 3 N–H and O–H groups in total. The number of amides is 1. The van der Waals surface area contributed by atoms with Crippen LogP contribution in [0, 0.1) is 5.92 Å². The number of ether oxygens (including phenoxy) is 2. The lowest BCUT2D eigenvalue weighted by Crippen LogP contribution is -2.43. The molecule has 0 radical (unpaired) electrons. The quantitative estimate of drug-likeness (QED) is 0.735. The molecule has 0 saturated carbocycles. The van der Waals surface area contributed by atoms with Crippen molar-refractivity contribution in [1.82, 2.24) is 9.97 Å². The molecule has 146 valence electrons. The Morgan fingerprint density at radius 3 is 2.74 bits per heavy atom. The average molecular weight is 393 g/mol. The molecule has 1 heterocycles. The summed E-state index contributed by atoms with van der Waals surface area (Å²) in [5.74, 6) is 1.18. The molecule has 7 nitrogen and oxygen atoms in total. The second-order valence-corrected chi connectivity index (χ2v) is 7.48. The van der Waals surface area contributed by atoms with Gasteiger partial charge in [0.15, 0.2) is 0 Å². The Bertz CT molecular complexity index is 796. The van der Waals surface area contributed by atoms with Crippen molar-refractivity contribution in [3.05, 3.63) is 35.5 Å². The highest BCUT2D eigenvalue weighted by Gasteiger charge is 2.21. The molecule has 0 spiro atoms. The van der Waals surface area contributed by atoms with Gasteiger partial charge in [0.05, 0.1) is 17.8 Å². The number of carbonyl (C=O) groups is 1. The number of hydrogen-bond acceptors (Lipinski definition) is 6. The lowest BCUT2D eigenvalue weighted by atomic mass is 9.93. The van der Waals surface area contributed by atoms with Crippen molar-refractivity contribution in [2.45, 2.75) is 32.7 Å². The van der Waals surface area contributed by atoms with Crippen LogP contribution >= 0.6 is 11.6 Å². The maximum Gasteiger partial charge on any atom is 0.413 e. The summed E-state index contributed by atoms with van der Waals surface area (Å²) in [4.78, 5) is 19.5. The molecule has 0 fully saturated rings. The normalized spacial score (nSPS) is 13.1. The Morgan fingerprint density at radius 2 is 2.11 bits per heavy atom. The average Bonchev–Trinajstić information content (AvgIpc) is 2.59. The van der Waals surface area contributed by atoms with Crippen LogP contribution in [-0.4, -0.2) is 35.3 Å². The lowest BCUT2D eigenvalue weighted by Gasteiger charge is -2.26. The first-order valence-corrected chi connectivity index (χ1v) is 8.97. The van der Waals surface area contributed by atoms with Crippen molar-refractivity contribution >= 4 is 23.6 Å². The number of rotatable bonds is 7. The van der Waals surface area contributed by atoms with Gasteiger partial charge in [-0.15, -0.1) is 0 Å². The number of hydrogen-bond donors (Lipinski definition) is 2. The number of nitrogens with zero attached hydrogens (tertiary/aromatic N) is 2. The van der Waals surface area contributed by atoms with Crippen molar-refractivity contribution in [2.75, 3.05) is 19.0 Å². The fourth-order valence-corrected chi connectivity index (χ4v) is 2.97. The van der Waals surface area contributed by atoms with E-state index in [1.54, 1.807) is 18.2 Å². The van der Waals surface area contributed by atoms with E-state index in [2.05, 4.69) is 33.9 Å². The smallest absolute Gasteiger partial charge is 0.413 e. The number of aromatic nitrogens is 2. The Balaban J connectivity index is 2.12. The summed E-state index contributed by atoms with van der Waals surface area (Å²) in [5, 5.41) is 2.88. The van der Waals surface area contributed by atoms with E-state index in [9.17, 15) is 4.79 Å². The highest BCUT2D eigenvalue weighted by molar-refractivity contribution is 6.32. The molecule has 2 aromatic rings. The minimum absolute atomic E-state index is 0.142. The van der Waals surface area contributed by atoms with Crippen LogP contribution in [0.5, 0.6) is 5.75 Å². The summed E-state index contributed by atoms with van der Waals surface area (Å²) in [6, 6.07) is 7.08. The molecule has 1 aromatic carbocycles. The van der Waals surface area contributed by atoms with Gasteiger partial charge in [-0.1, -0.05) is 25.4 Å². The molecule has 0 saturated heterocycles. The summed E-state index contributed by atoms with van der Waals surface area (Å²) in [7, 11) is 1.27. The summed E-state index contributed by atoms with van der Waals surface area (Å²) in [6.07, 6.45) is 1.75. The number of carbonyl (C=O) groups excluding carboxylic acids is 1. The van der Waals surface area contributed by atoms with Crippen molar-refractivity contribution in [3.63, 3.8) is 0 Å². The third-order valence-corrected chi connectivity index (χ3v) is 4.01. The maximum absolute atomic E-state index is 11.3. The van der Waals surface area contributed by atoms with Crippen molar-refractivity contribution in [2.24, 2.45) is 11.7 Å². The van der Waals surface area contributed by atoms with Gasteiger partial charge in [0.1, 0.15) is 12.4 Å². The minimum atomic E-state index is -0.639. The molecule has 0 unspecified atom stereocenters. The number of nitrogens with one attached hydrogen (secondary N) is 1. The monoisotopic (exact) mass is 392 g/mol. The van der Waals surface area contributed by atoms with E-state index in [-0.39, 0.29) is 5.95 Å². The van der Waals surface area contributed by atoms with E-state index in [1.165, 1.54) is 13.3 Å². The van der Waals surface area contributed by atoms with Gasteiger partial charge in [-0.2, -0.15) is 0 Å². The van der Waals surface area contributed by atoms with Gasteiger partial charge < -0.3 is 15.2 Å². The van der Waals surface area contributed by atoms with Crippen molar-refractivity contribution in [3.8, 4) is 17.0 Å². The summed E-state index contributed by atoms with van der Waals surface area (Å²) >= 11 is 6.36. The van der Waals surface area contributed by atoms with Crippen LogP contribution in [0.1, 0.15) is 27.2 Å². The van der Waals surface area contributed by atoms with Crippen molar-refractivity contribution < 1.29 is 14.3 Å². The first kappa shape index (κ1) is 20.9. The Labute approximate surface area is 164 Å². The molecule has 0 bridgehead atoms. The zero-order chi connectivity index (χ0) is 20.0. The third-order valence-electron chi connectivity index (χ3n) is 3.71. The van der Waals surface area contributed by atoms with E-state index >= 15 is 0 Å². The van der Waals surface area contributed by atoms with Gasteiger partial charge in [-0.3, -0.25) is 5.32 Å². The van der Waals surface area contributed by atoms with Crippen molar-refractivity contribution in [1.29, 1.82) is 0 Å². The standard InChI is InChI=1S/C19H25ClN4O3/c1-12(2)10-19(3,21)11-27-16-6-5-13(9-14(16)20)15-7-8-22-17(23-15)24-18(25)26-4/h5-9,12H,10-11,21H2,1-4H3,(H,22,23,24,25)/t19-/m0/s1. The van der Waals surface area contributed by atoms with E-state index in [1.807, 2.05) is 13.0 Å². The Hall–Kier alpha value is -2.38. The fraction of sp³-hybridized carbons (Fsp3) is 0.421. The number of methoxy groups -OCH3 is 1. The van der Waals surface area contributed by atoms with Crippen LogP contribution < -0.4 is 15.8 Å². The zero-order valence-corrected chi connectivity index (χ0v) is 16.7. The first-order chi connectivity index (χ1) is 12.7. The van der Waals surface area contributed by atoms with E-state index in [0.717, 1.165) is 12.0 Å². The molecule has 1 aromatic heterocycles. The number of benzene rings is 1. The molecule has 0 aliphatic heterocycles. The number of halogens is 1. The van der Waals surface area contributed by atoms with Gasteiger partial charge in [-0.25, -0.2) is 14.8 Å². The van der Waals surface area contributed by atoms with Crippen LogP contribution in [0.25, 0.3) is 11.3 Å². The van der Waals surface area contributed by atoms with Gasteiger partial charge >= 0.3 is 6.09 Å². The van der Waals surface area contributed by atoms with Crippen LogP contribution in [-0.2, 0) is 4.74 Å². The van der Waals surface area contributed by atoms with Crippen LogP contribution in [0.2, 0.25) is 5.02 Å². The second-order valence-electron chi connectivity index (χ2n) is 7.07. The van der Waals surface area contributed by atoms with E-state index in [4.69, 9.17) is 22.1 Å². The predicted molar refractivity (Wildman–Crippen MR) is 106 cm³/mol. The summed E-state index contributed by atoms with van der Waals surface area (Å²) in [6.45, 7) is 6.58. The molecule has 0 aliphatic rings. The van der Waals surface area contributed by atoms with Gasteiger partial charge in [-0.05, 0) is 43.5 Å². The molecular formula is C19H25ClN4O3. The highest BCUT2D eigenvalue weighted by Crippen LogP contribution is 2.30. The SMILES string of the molecule is COC(=O)Nc1nccc(-c2ccc(OC[C@@](C)(N)CC(C)C)c(Cl)c2)n1. The van der Waals surface area contributed by atoms with Gasteiger partial charge in [0, 0.05) is 17.3 Å². The Morgan fingerprint density at radius 1 is 1.37 bits per heavy atom. The highest BCUT2D eigenvalue weighted by atomic mass is 35.5. The zero-order valence-electron chi connectivity index (χ0n) is 16.0. The summed E-state index contributed by atoms with van der Waals surface area (Å²) in [5.41, 5.74) is 7.21. The predicted octanol–water partition coefficient (Wildman–Crippen LogP) is 4.12. The molecule has 0 aliphatic carbocycles. The second kappa shape index (κ2) is 9.01. The van der Waals surface area contributed by atoms with E-state index < -0.39 is 11.6 Å². The maximum atomic E-state index is 11.3. The minimum Gasteiger partial charge on any atom is -0.490 e. The largest absolute Gasteiger partial charge is 0.490 e. The molecule has 2 rings (SSSR count). The molecule has 27 heavy (non-hydrogen) atoms. The fourth-order valence-electron chi connectivity index (χ4n) is 2.73. The molecule has 1 atom stereocenters. The van der Waals surface area contributed by atoms with Crippen LogP contribution in [0.4, 0.5) is 10.7 Å². The molecule has 1 amide bonds. The van der Waals surface area contributed by atoms with Crippen LogP contribution in [0.15, 0.2) is 30.5 Å². The third kappa shape index (κ3) is 6.37. The summed E-state index contributed by atoms with van der Waals surface area (Å²) < 4.78 is 10.4. The number of nitrogens with two attached hydrogens (primary N) is 1. The van der Waals surface area contributed by atoms with Crippen LogP contribution in [0.3, 0.4) is 0 Å². The lowest BCUT2D eigenvalue weighted by molar-refractivity contribution is 0.186. The van der Waals surface area contributed by atoms with Gasteiger partial charge in [0.2, 0.25) is 5.95 Å². The van der Waals surface area contributed by atoms with Gasteiger partial charge in [0.25, 0.3) is 0 Å². The topological polar surface area (TPSA) is 99.4 Å². The number of anilines is 1. The molecular weight excluding hydrogens is 368 g/mol.